The van der Waals surface area contributed by atoms with Gasteiger partial charge < -0.3 is 13.6 Å². The van der Waals surface area contributed by atoms with Gasteiger partial charge in [0, 0.05) is 60.3 Å². The molecule has 4 heterocycles. The molecule has 0 aliphatic carbocycles. The van der Waals surface area contributed by atoms with E-state index in [0.29, 0.717) is 17.5 Å². The number of hydrogen-bond donors (Lipinski definition) is 0. The minimum Gasteiger partial charge on any atom is -0.456 e. The Morgan fingerprint density at radius 3 is 1.32 bits per heavy atom. The zero-order valence-electron chi connectivity index (χ0n) is 40.5. The van der Waals surface area contributed by atoms with Gasteiger partial charge in [-0.2, -0.15) is 0 Å². The molecule has 0 saturated carbocycles. The first kappa shape index (κ1) is 42.5. The van der Waals surface area contributed by atoms with Gasteiger partial charge in [0.05, 0.1) is 27.8 Å². The van der Waals surface area contributed by atoms with E-state index >= 15 is 0 Å². The monoisotopic (exact) mass is 957 g/mol. The molecule has 0 amide bonds. The maximum atomic E-state index is 6.20. The van der Waals surface area contributed by atoms with E-state index in [1.807, 2.05) is 30.3 Å². The van der Waals surface area contributed by atoms with Crippen molar-refractivity contribution in [1.29, 1.82) is 0 Å². The number of furan rings is 1. The zero-order valence-corrected chi connectivity index (χ0v) is 40.5. The Balaban J connectivity index is 0.894. The Morgan fingerprint density at radius 2 is 0.680 bits per heavy atom. The lowest BCUT2D eigenvalue weighted by atomic mass is 9.94. The lowest BCUT2D eigenvalue weighted by Crippen LogP contribution is -2.01. The van der Waals surface area contributed by atoms with Crippen LogP contribution in [0.3, 0.4) is 0 Å². The highest BCUT2D eigenvalue weighted by Crippen LogP contribution is 2.41. The SMILES string of the molecule is c1ccc(-c2nc(-c3cccc(-c4cc(-c5cccc(-c6ccc7oc8ccccc8c7c6)c5)ccc4-n4c5ccccc5c5ccccc54)c3)nc(-c3cccc(-n4c5ccccc5c5ccccc54)c3)n2)cc1. The molecular formula is C69H43N5O. The topological polar surface area (TPSA) is 61.7 Å². The van der Waals surface area contributed by atoms with E-state index in [1.54, 1.807) is 0 Å². The molecule has 0 saturated heterocycles. The summed E-state index contributed by atoms with van der Waals surface area (Å²) in [5.41, 5.74) is 17.8. The molecule has 15 aromatic rings. The fourth-order valence-electron chi connectivity index (χ4n) is 11.3. The third-order valence-electron chi connectivity index (χ3n) is 14.8. The van der Waals surface area contributed by atoms with E-state index in [0.717, 1.165) is 105 Å². The summed E-state index contributed by atoms with van der Waals surface area (Å²) < 4.78 is 10.9. The normalized spacial score (nSPS) is 11.7. The summed E-state index contributed by atoms with van der Waals surface area (Å²) in [6, 6.07) is 92.5. The van der Waals surface area contributed by atoms with Crippen molar-refractivity contribution in [3.8, 4) is 78.9 Å². The number of aromatic nitrogens is 5. The molecule has 0 atom stereocenters. The second-order valence-electron chi connectivity index (χ2n) is 19.2. The van der Waals surface area contributed by atoms with Gasteiger partial charge in [0.25, 0.3) is 0 Å². The van der Waals surface area contributed by atoms with Crippen LogP contribution in [0.4, 0.5) is 0 Å². The standard InChI is InChI=1S/C69H43N5O/c1-2-17-44(18-3-1)67-70-68(72-69(71-67)51-23-16-24-52(41-51)73-60-30-9-4-25-53(60)54-26-5-10-31-61(54)73)50-22-15-21-49(40-50)58-42-47(35-37-64(58)74-62-32-11-6-27-55(62)56-28-7-12-33-63(56)74)45-19-14-20-46(39-45)48-36-38-66-59(43-48)57-29-8-13-34-65(57)75-66/h1-43H. The molecule has 11 aromatic carbocycles. The largest absolute Gasteiger partial charge is 0.456 e. The molecule has 0 unspecified atom stereocenters. The van der Waals surface area contributed by atoms with E-state index in [2.05, 4.69) is 240 Å². The van der Waals surface area contributed by atoms with Crippen LogP contribution in [0, 0.1) is 0 Å². The highest BCUT2D eigenvalue weighted by molar-refractivity contribution is 6.11. The molecule has 0 fully saturated rings. The molecule has 350 valence electrons. The minimum atomic E-state index is 0.590. The molecule has 0 bridgehead atoms. The third kappa shape index (κ3) is 7.14. The molecule has 0 spiro atoms. The molecule has 0 aliphatic heterocycles. The molecule has 0 N–H and O–H groups in total. The predicted molar refractivity (Wildman–Crippen MR) is 308 cm³/mol. The van der Waals surface area contributed by atoms with Crippen LogP contribution in [0.2, 0.25) is 0 Å². The number of nitrogens with zero attached hydrogens (tertiary/aromatic N) is 5. The molecule has 0 aliphatic rings. The molecule has 15 rings (SSSR count). The maximum Gasteiger partial charge on any atom is 0.164 e. The first-order valence-electron chi connectivity index (χ1n) is 25.3. The van der Waals surface area contributed by atoms with Crippen LogP contribution >= 0.6 is 0 Å². The molecule has 4 aromatic heterocycles. The molecule has 0 radical (unpaired) electrons. The number of hydrogen-bond acceptors (Lipinski definition) is 4. The number of para-hydroxylation sites is 5. The van der Waals surface area contributed by atoms with Crippen LogP contribution in [-0.2, 0) is 0 Å². The summed E-state index contributed by atoms with van der Waals surface area (Å²) in [6.07, 6.45) is 0. The zero-order chi connectivity index (χ0) is 49.4. The van der Waals surface area contributed by atoms with Crippen molar-refractivity contribution in [1.82, 2.24) is 24.1 Å². The Morgan fingerprint density at radius 1 is 0.253 bits per heavy atom. The van der Waals surface area contributed by atoms with Crippen molar-refractivity contribution in [2.24, 2.45) is 0 Å². The summed E-state index contributed by atoms with van der Waals surface area (Å²) in [5.74, 6) is 1.80. The van der Waals surface area contributed by atoms with E-state index in [1.165, 1.54) is 21.5 Å². The van der Waals surface area contributed by atoms with Crippen molar-refractivity contribution in [3.05, 3.63) is 261 Å². The summed E-state index contributed by atoms with van der Waals surface area (Å²) in [5, 5.41) is 7.07. The maximum absolute atomic E-state index is 6.20. The molecule has 75 heavy (non-hydrogen) atoms. The number of fused-ring (bicyclic) bond motifs is 9. The highest BCUT2D eigenvalue weighted by Gasteiger charge is 2.20. The van der Waals surface area contributed by atoms with Gasteiger partial charge in [-0.3, -0.25) is 0 Å². The first-order valence-corrected chi connectivity index (χ1v) is 25.3. The smallest absolute Gasteiger partial charge is 0.164 e. The van der Waals surface area contributed by atoms with Gasteiger partial charge in [-0.15, -0.1) is 0 Å². The first-order chi connectivity index (χ1) is 37.2. The second-order valence-corrected chi connectivity index (χ2v) is 19.2. The van der Waals surface area contributed by atoms with E-state index in [9.17, 15) is 0 Å². The fraction of sp³-hybridized carbons (Fsp3) is 0. The van der Waals surface area contributed by atoms with Crippen LogP contribution in [0.5, 0.6) is 0 Å². The van der Waals surface area contributed by atoms with E-state index in [4.69, 9.17) is 19.4 Å². The Hall–Kier alpha value is -10.2. The number of rotatable bonds is 8. The van der Waals surface area contributed by atoms with Gasteiger partial charge in [-0.1, -0.05) is 182 Å². The summed E-state index contributed by atoms with van der Waals surface area (Å²) in [7, 11) is 0. The average molecular weight is 958 g/mol. The van der Waals surface area contributed by atoms with Crippen LogP contribution in [0.1, 0.15) is 0 Å². The molecule has 6 nitrogen and oxygen atoms in total. The minimum absolute atomic E-state index is 0.590. The molecular weight excluding hydrogens is 915 g/mol. The van der Waals surface area contributed by atoms with Crippen molar-refractivity contribution >= 4 is 65.6 Å². The van der Waals surface area contributed by atoms with Crippen molar-refractivity contribution in [2.75, 3.05) is 0 Å². The van der Waals surface area contributed by atoms with Gasteiger partial charge in [0.2, 0.25) is 0 Å². The predicted octanol–water partition coefficient (Wildman–Crippen LogP) is 18.0. The summed E-state index contributed by atoms with van der Waals surface area (Å²) in [6.45, 7) is 0. The van der Waals surface area contributed by atoms with Crippen LogP contribution in [0.25, 0.3) is 144 Å². The van der Waals surface area contributed by atoms with Crippen molar-refractivity contribution < 1.29 is 4.42 Å². The van der Waals surface area contributed by atoms with E-state index < -0.39 is 0 Å². The lowest BCUT2D eigenvalue weighted by molar-refractivity contribution is 0.669. The Kier molecular flexibility index (Phi) is 9.78. The highest BCUT2D eigenvalue weighted by atomic mass is 16.3. The third-order valence-corrected chi connectivity index (χ3v) is 14.8. The van der Waals surface area contributed by atoms with Gasteiger partial charge in [0.1, 0.15) is 11.2 Å². The quantitative estimate of drug-likeness (QED) is 0.152. The van der Waals surface area contributed by atoms with Crippen LogP contribution < -0.4 is 0 Å². The van der Waals surface area contributed by atoms with Crippen LogP contribution in [0.15, 0.2) is 265 Å². The van der Waals surface area contributed by atoms with Gasteiger partial charge in [-0.25, -0.2) is 15.0 Å². The van der Waals surface area contributed by atoms with Gasteiger partial charge in [-0.05, 0) is 107 Å². The van der Waals surface area contributed by atoms with Gasteiger partial charge >= 0.3 is 0 Å². The van der Waals surface area contributed by atoms with Crippen molar-refractivity contribution in [3.63, 3.8) is 0 Å². The van der Waals surface area contributed by atoms with Crippen LogP contribution in [-0.4, -0.2) is 24.1 Å². The average Bonchev–Trinajstić information content (AvgIpc) is 4.20. The summed E-state index contributed by atoms with van der Waals surface area (Å²) >= 11 is 0. The second kappa shape index (κ2) is 17.3. The Bertz CT molecular complexity index is 4630. The fourth-order valence-corrected chi connectivity index (χ4v) is 11.3. The lowest BCUT2D eigenvalue weighted by Gasteiger charge is -2.17. The molecule has 6 heteroatoms. The van der Waals surface area contributed by atoms with Crippen molar-refractivity contribution in [2.45, 2.75) is 0 Å². The number of benzene rings is 11. The summed E-state index contributed by atoms with van der Waals surface area (Å²) in [4.78, 5) is 15.8. The van der Waals surface area contributed by atoms with E-state index in [-0.39, 0.29) is 0 Å². The Labute approximate surface area is 431 Å². The van der Waals surface area contributed by atoms with Gasteiger partial charge in [0.15, 0.2) is 17.5 Å².